The summed E-state index contributed by atoms with van der Waals surface area (Å²) in [6.07, 6.45) is 5.28. The lowest BCUT2D eigenvalue weighted by molar-refractivity contribution is -0.136. The van der Waals surface area contributed by atoms with Crippen LogP contribution in [-0.4, -0.2) is 46.8 Å². The number of aromatic nitrogens is 1. The normalized spacial score (nSPS) is 15.0. The molecule has 0 saturated heterocycles. The molecule has 1 aromatic heterocycles. The van der Waals surface area contributed by atoms with E-state index in [2.05, 4.69) is 0 Å². The maximum atomic E-state index is 13.3. The van der Waals surface area contributed by atoms with E-state index in [-0.39, 0.29) is 30.2 Å². The number of Topliss-reactive ketones (excluding diaryl/α,β-unsaturated/α-hetero) is 1. The Morgan fingerprint density at radius 2 is 1.75 bits per heavy atom. The average molecular weight is 391 g/mol. The molecule has 1 aliphatic carbocycles. The molecule has 1 aromatic rings. The number of amides is 1. The summed E-state index contributed by atoms with van der Waals surface area (Å²) in [4.78, 5) is 40.2. The Hall–Kier alpha value is -2.11. The average Bonchev–Trinajstić information content (AvgIpc) is 2.94. The third-order valence-corrected chi connectivity index (χ3v) is 5.85. The van der Waals surface area contributed by atoms with Crippen LogP contribution in [0.1, 0.15) is 85.0 Å². The fourth-order valence-corrected chi connectivity index (χ4v) is 4.41. The summed E-state index contributed by atoms with van der Waals surface area (Å²) in [6, 6.07) is 0.126. The van der Waals surface area contributed by atoms with Gasteiger partial charge in [0.2, 0.25) is 5.91 Å². The monoisotopic (exact) mass is 390 g/mol. The predicted molar refractivity (Wildman–Crippen MR) is 109 cm³/mol. The molecule has 1 saturated carbocycles. The van der Waals surface area contributed by atoms with Crippen molar-refractivity contribution in [1.82, 2.24) is 9.47 Å². The number of carbonyl (C=O) groups is 3. The van der Waals surface area contributed by atoms with Crippen LogP contribution in [0.4, 0.5) is 0 Å². The molecule has 0 radical (unpaired) electrons. The Morgan fingerprint density at radius 1 is 1.14 bits per heavy atom. The lowest BCUT2D eigenvalue weighted by atomic mass is 9.92. The molecule has 6 heteroatoms. The van der Waals surface area contributed by atoms with Gasteiger partial charge in [-0.3, -0.25) is 9.59 Å². The molecule has 1 fully saturated rings. The molecule has 0 N–H and O–H groups in total. The van der Waals surface area contributed by atoms with E-state index < -0.39 is 5.97 Å². The minimum absolute atomic E-state index is 0.0265. The van der Waals surface area contributed by atoms with E-state index in [1.54, 1.807) is 11.8 Å². The number of hydrogen-bond acceptors (Lipinski definition) is 4. The molecule has 6 nitrogen and oxygen atoms in total. The van der Waals surface area contributed by atoms with Crippen molar-refractivity contribution >= 4 is 17.7 Å². The molecule has 1 amide bonds. The van der Waals surface area contributed by atoms with E-state index in [9.17, 15) is 14.4 Å². The molecule has 28 heavy (non-hydrogen) atoms. The van der Waals surface area contributed by atoms with Crippen LogP contribution < -0.4 is 0 Å². The molecule has 0 atom stereocenters. The SMILES string of the molecule is CCn1c(C)c(C(=O)CN(C(=O)C(C)C)C2CCCCC2)c(C)c1C(=O)OC. The van der Waals surface area contributed by atoms with Crippen molar-refractivity contribution in [2.75, 3.05) is 13.7 Å². The van der Waals surface area contributed by atoms with Crippen LogP contribution in [0, 0.1) is 19.8 Å². The molecule has 0 spiro atoms. The smallest absolute Gasteiger partial charge is 0.354 e. The van der Waals surface area contributed by atoms with Crippen LogP contribution in [0.15, 0.2) is 0 Å². The Labute approximate surface area is 168 Å². The fraction of sp³-hybridized carbons (Fsp3) is 0.682. The first kappa shape index (κ1) is 22.2. The van der Waals surface area contributed by atoms with Crippen molar-refractivity contribution in [3.05, 3.63) is 22.5 Å². The summed E-state index contributed by atoms with van der Waals surface area (Å²) >= 11 is 0. The van der Waals surface area contributed by atoms with Gasteiger partial charge in [0.05, 0.1) is 13.7 Å². The first-order chi connectivity index (χ1) is 13.2. The predicted octanol–water partition coefficient (Wildman–Crippen LogP) is 3.91. The number of ether oxygens (including phenoxy) is 1. The van der Waals surface area contributed by atoms with Crippen LogP contribution in [0.2, 0.25) is 0 Å². The Morgan fingerprint density at radius 3 is 2.25 bits per heavy atom. The van der Waals surface area contributed by atoms with Gasteiger partial charge < -0.3 is 14.2 Å². The molecule has 0 bridgehead atoms. The lowest BCUT2D eigenvalue weighted by Gasteiger charge is -2.35. The molecular formula is C22H34N2O4. The van der Waals surface area contributed by atoms with E-state index in [1.807, 2.05) is 32.3 Å². The minimum atomic E-state index is -0.441. The number of nitrogens with zero attached hydrogens (tertiary/aromatic N) is 2. The van der Waals surface area contributed by atoms with Gasteiger partial charge in [0.15, 0.2) is 5.78 Å². The second-order valence-electron chi connectivity index (χ2n) is 8.01. The Bertz CT molecular complexity index is 742. The van der Waals surface area contributed by atoms with Crippen molar-refractivity contribution < 1.29 is 19.1 Å². The highest BCUT2D eigenvalue weighted by Gasteiger charge is 2.32. The maximum Gasteiger partial charge on any atom is 0.354 e. The van der Waals surface area contributed by atoms with Crippen LogP contribution >= 0.6 is 0 Å². The van der Waals surface area contributed by atoms with Crippen LogP contribution in [0.25, 0.3) is 0 Å². The molecule has 1 aliphatic rings. The lowest BCUT2D eigenvalue weighted by Crippen LogP contribution is -2.46. The second kappa shape index (κ2) is 9.39. The van der Waals surface area contributed by atoms with E-state index >= 15 is 0 Å². The highest BCUT2D eigenvalue weighted by molar-refractivity contribution is 6.04. The molecule has 1 heterocycles. The summed E-state index contributed by atoms with van der Waals surface area (Å²) < 4.78 is 6.74. The summed E-state index contributed by atoms with van der Waals surface area (Å²) in [5.74, 6) is -0.669. The van der Waals surface area contributed by atoms with E-state index in [0.717, 1.165) is 31.4 Å². The molecule has 0 aromatic carbocycles. The number of methoxy groups -OCH3 is 1. The van der Waals surface area contributed by atoms with E-state index in [4.69, 9.17) is 4.74 Å². The molecule has 0 aliphatic heterocycles. The van der Waals surface area contributed by atoms with Gasteiger partial charge in [-0.15, -0.1) is 0 Å². The van der Waals surface area contributed by atoms with E-state index in [1.165, 1.54) is 13.5 Å². The summed E-state index contributed by atoms with van der Waals surface area (Å²) in [6.45, 7) is 9.96. The zero-order chi connectivity index (χ0) is 21.0. The largest absolute Gasteiger partial charge is 0.464 e. The highest BCUT2D eigenvalue weighted by Crippen LogP contribution is 2.27. The standard InChI is InChI=1S/C22H34N2O4/c1-7-23-16(5)19(15(4)20(23)22(27)28-6)18(25)13-24(21(26)14(2)3)17-11-9-8-10-12-17/h14,17H,7-13H2,1-6H3. The summed E-state index contributed by atoms with van der Waals surface area (Å²) in [5, 5.41) is 0. The van der Waals surface area contributed by atoms with Crippen molar-refractivity contribution in [2.45, 2.75) is 79.3 Å². The van der Waals surface area contributed by atoms with Gasteiger partial charge in [0.1, 0.15) is 5.69 Å². The first-order valence-corrected chi connectivity index (χ1v) is 10.4. The number of rotatable bonds is 7. The number of esters is 1. The summed E-state index contributed by atoms with van der Waals surface area (Å²) in [7, 11) is 1.34. The number of ketones is 1. The van der Waals surface area contributed by atoms with E-state index in [0.29, 0.717) is 23.4 Å². The quantitative estimate of drug-likeness (QED) is 0.523. The Kier molecular flexibility index (Phi) is 7.44. The molecular weight excluding hydrogens is 356 g/mol. The second-order valence-corrected chi connectivity index (χ2v) is 8.01. The first-order valence-electron chi connectivity index (χ1n) is 10.4. The minimum Gasteiger partial charge on any atom is -0.464 e. The number of hydrogen-bond donors (Lipinski definition) is 0. The summed E-state index contributed by atoms with van der Waals surface area (Å²) in [5.41, 5.74) is 2.35. The van der Waals surface area contributed by atoms with Crippen molar-refractivity contribution in [2.24, 2.45) is 5.92 Å². The Balaban J connectivity index is 2.39. The third kappa shape index (κ3) is 4.31. The molecule has 2 rings (SSSR count). The zero-order valence-corrected chi connectivity index (χ0v) is 18.1. The highest BCUT2D eigenvalue weighted by atomic mass is 16.5. The maximum absolute atomic E-state index is 13.3. The van der Waals surface area contributed by atoms with Crippen LogP contribution in [0.5, 0.6) is 0 Å². The fourth-order valence-electron chi connectivity index (χ4n) is 4.41. The third-order valence-electron chi connectivity index (χ3n) is 5.85. The van der Waals surface area contributed by atoms with Gasteiger partial charge in [-0.25, -0.2) is 4.79 Å². The number of carbonyl (C=O) groups excluding carboxylic acids is 3. The van der Waals surface area contributed by atoms with Gasteiger partial charge in [-0.1, -0.05) is 33.1 Å². The molecule has 0 unspecified atom stereocenters. The van der Waals surface area contributed by atoms with Gasteiger partial charge in [0.25, 0.3) is 0 Å². The van der Waals surface area contributed by atoms with Crippen molar-refractivity contribution in [3.63, 3.8) is 0 Å². The van der Waals surface area contributed by atoms with Crippen molar-refractivity contribution in [3.8, 4) is 0 Å². The van der Waals surface area contributed by atoms with Crippen molar-refractivity contribution in [1.29, 1.82) is 0 Å². The topological polar surface area (TPSA) is 68.6 Å². The van der Waals surface area contributed by atoms with Gasteiger partial charge in [0, 0.05) is 29.8 Å². The van der Waals surface area contributed by atoms with Gasteiger partial charge >= 0.3 is 5.97 Å². The van der Waals surface area contributed by atoms with Gasteiger partial charge in [-0.05, 0) is 39.2 Å². The molecule has 156 valence electrons. The van der Waals surface area contributed by atoms with Crippen LogP contribution in [0.3, 0.4) is 0 Å². The van der Waals surface area contributed by atoms with Crippen LogP contribution in [-0.2, 0) is 16.1 Å². The zero-order valence-electron chi connectivity index (χ0n) is 18.1. The van der Waals surface area contributed by atoms with Gasteiger partial charge in [-0.2, -0.15) is 0 Å².